The van der Waals surface area contributed by atoms with Gasteiger partial charge in [0.15, 0.2) is 9.84 Å². The molecule has 0 fully saturated rings. The van der Waals surface area contributed by atoms with Gasteiger partial charge in [0.25, 0.3) is 0 Å². The van der Waals surface area contributed by atoms with Crippen LogP contribution >= 0.6 is 11.3 Å². The molecule has 2 aromatic rings. The van der Waals surface area contributed by atoms with Crippen molar-refractivity contribution in [1.82, 2.24) is 4.90 Å². The molecule has 1 aromatic carbocycles. The zero-order valence-electron chi connectivity index (χ0n) is 19.8. The maximum absolute atomic E-state index is 12.6. The third-order valence-electron chi connectivity index (χ3n) is 4.90. The third-order valence-corrected chi connectivity index (χ3v) is 7.07. The summed E-state index contributed by atoms with van der Waals surface area (Å²) in [5, 5.41) is 3.39. The number of nitrogens with zero attached hydrogens (tertiary/aromatic N) is 1. The van der Waals surface area contributed by atoms with E-state index in [0.717, 1.165) is 16.7 Å². The van der Waals surface area contributed by atoms with Gasteiger partial charge >= 0.3 is 5.97 Å². The first-order valence-electron chi connectivity index (χ1n) is 10.8. The Bertz CT molecular complexity index is 1080. The molecule has 0 unspecified atom stereocenters. The highest BCUT2D eigenvalue weighted by molar-refractivity contribution is 7.90. The Labute approximate surface area is 199 Å². The molecule has 0 bridgehead atoms. The monoisotopic (exact) mass is 496 g/mol. The smallest absolute Gasteiger partial charge is 0.341 e. The van der Waals surface area contributed by atoms with Gasteiger partial charge in [-0.25, -0.2) is 13.2 Å². The van der Waals surface area contributed by atoms with E-state index in [2.05, 4.69) is 5.32 Å². The number of thiophene rings is 1. The number of ether oxygens (including phenoxy) is 2. The van der Waals surface area contributed by atoms with Crippen molar-refractivity contribution in [1.29, 1.82) is 0 Å². The molecule has 0 aliphatic carbocycles. The number of anilines is 1. The van der Waals surface area contributed by atoms with Crippen LogP contribution in [0.15, 0.2) is 29.2 Å². The number of esters is 1. The van der Waals surface area contributed by atoms with Crippen LogP contribution in [0.1, 0.15) is 41.1 Å². The summed E-state index contributed by atoms with van der Waals surface area (Å²) in [7, 11) is -1.46. The van der Waals surface area contributed by atoms with E-state index in [1.54, 1.807) is 19.1 Å². The quantitative estimate of drug-likeness (QED) is 0.354. The Kier molecular flexibility index (Phi) is 9.87. The SMILES string of the molecule is CCOC(=O)c1c(NC(=O)CN(C)CCCOc2cccc(S(C)(=O)=O)c2)sc(C)c1CC. The number of rotatable bonds is 12. The number of carbonyl (C=O) groups excluding carboxylic acids is 2. The highest BCUT2D eigenvalue weighted by Gasteiger charge is 2.23. The number of hydrogen-bond donors (Lipinski definition) is 1. The number of likely N-dealkylation sites (N-methyl/N-ethyl adjacent to an activating group) is 1. The van der Waals surface area contributed by atoms with E-state index in [9.17, 15) is 18.0 Å². The van der Waals surface area contributed by atoms with Gasteiger partial charge in [0, 0.05) is 17.7 Å². The van der Waals surface area contributed by atoms with Crippen molar-refractivity contribution >= 4 is 38.1 Å². The molecule has 0 radical (unpaired) electrons. The summed E-state index contributed by atoms with van der Waals surface area (Å²) in [6, 6.07) is 6.38. The molecule has 10 heteroatoms. The van der Waals surface area contributed by atoms with Crippen LogP contribution in [0.25, 0.3) is 0 Å². The lowest BCUT2D eigenvalue weighted by Gasteiger charge is -2.16. The van der Waals surface area contributed by atoms with E-state index >= 15 is 0 Å². The van der Waals surface area contributed by atoms with Crippen LogP contribution in [0.2, 0.25) is 0 Å². The molecule has 8 nitrogen and oxygen atoms in total. The summed E-state index contributed by atoms with van der Waals surface area (Å²) in [5.74, 6) is -0.141. The normalized spacial score (nSPS) is 11.5. The molecule has 0 aliphatic rings. The molecular weight excluding hydrogens is 464 g/mol. The second-order valence-electron chi connectivity index (χ2n) is 7.65. The van der Waals surface area contributed by atoms with Crippen LogP contribution in [0, 0.1) is 6.92 Å². The van der Waals surface area contributed by atoms with Gasteiger partial charge in [-0.05, 0) is 57.5 Å². The van der Waals surface area contributed by atoms with Gasteiger partial charge in [-0.3, -0.25) is 9.69 Å². The Morgan fingerprint density at radius 1 is 1.21 bits per heavy atom. The molecule has 1 N–H and O–H groups in total. The molecule has 1 aromatic heterocycles. The molecule has 33 heavy (non-hydrogen) atoms. The largest absolute Gasteiger partial charge is 0.494 e. The van der Waals surface area contributed by atoms with E-state index in [1.807, 2.05) is 25.8 Å². The Morgan fingerprint density at radius 2 is 1.94 bits per heavy atom. The second-order valence-corrected chi connectivity index (χ2v) is 10.9. The second kappa shape index (κ2) is 12.2. The molecule has 0 atom stereocenters. The standard InChI is InChI=1S/C23H32N2O6S2/c1-6-19-16(3)32-22(21(19)23(27)30-7-2)24-20(26)15-25(4)12-9-13-31-17-10-8-11-18(14-17)33(5,28)29/h8,10-11,14H,6-7,9,12-13,15H2,1-5H3,(H,24,26). The molecule has 2 rings (SSSR count). The highest BCUT2D eigenvalue weighted by atomic mass is 32.2. The number of aryl methyl sites for hydroxylation is 1. The van der Waals surface area contributed by atoms with E-state index < -0.39 is 15.8 Å². The van der Waals surface area contributed by atoms with Crippen molar-refractivity contribution in [3.63, 3.8) is 0 Å². The fraction of sp³-hybridized carbons (Fsp3) is 0.478. The molecular formula is C23H32N2O6S2. The first-order valence-corrected chi connectivity index (χ1v) is 13.5. The lowest BCUT2D eigenvalue weighted by molar-refractivity contribution is -0.117. The van der Waals surface area contributed by atoms with Crippen LogP contribution in [0.5, 0.6) is 5.75 Å². The zero-order chi connectivity index (χ0) is 24.6. The number of amides is 1. The number of carbonyl (C=O) groups is 2. The first-order chi connectivity index (χ1) is 15.6. The van der Waals surface area contributed by atoms with Crippen molar-refractivity contribution < 1.29 is 27.5 Å². The molecule has 1 heterocycles. The zero-order valence-corrected chi connectivity index (χ0v) is 21.4. The van der Waals surface area contributed by atoms with Crippen LogP contribution in [-0.2, 0) is 25.8 Å². The highest BCUT2D eigenvalue weighted by Crippen LogP contribution is 2.34. The van der Waals surface area contributed by atoms with Crippen molar-refractivity contribution in [2.45, 2.75) is 38.5 Å². The van der Waals surface area contributed by atoms with Gasteiger partial charge in [0.2, 0.25) is 5.91 Å². The summed E-state index contributed by atoms with van der Waals surface area (Å²) in [4.78, 5) is 28.0. The molecule has 0 spiro atoms. The van der Waals surface area contributed by atoms with Gasteiger partial charge in [-0.1, -0.05) is 13.0 Å². The van der Waals surface area contributed by atoms with Gasteiger partial charge in [-0.15, -0.1) is 11.3 Å². The fourth-order valence-corrected chi connectivity index (χ4v) is 5.13. The van der Waals surface area contributed by atoms with Crippen molar-refractivity contribution in [2.24, 2.45) is 0 Å². The van der Waals surface area contributed by atoms with Crippen molar-refractivity contribution in [3.8, 4) is 5.75 Å². The maximum atomic E-state index is 12.6. The summed E-state index contributed by atoms with van der Waals surface area (Å²) in [5.41, 5.74) is 1.35. The van der Waals surface area contributed by atoms with E-state index in [1.165, 1.54) is 23.5 Å². The predicted molar refractivity (Wildman–Crippen MR) is 130 cm³/mol. The van der Waals surface area contributed by atoms with E-state index in [-0.39, 0.29) is 24.0 Å². The number of benzene rings is 1. The number of sulfone groups is 1. The molecule has 182 valence electrons. The summed E-state index contributed by atoms with van der Waals surface area (Å²) >= 11 is 1.38. The van der Waals surface area contributed by atoms with Gasteiger partial charge in [0.05, 0.1) is 30.2 Å². The van der Waals surface area contributed by atoms with E-state index in [4.69, 9.17) is 9.47 Å². The Morgan fingerprint density at radius 3 is 2.58 bits per heavy atom. The predicted octanol–water partition coefficient (Wildman–Crippen LogP) is 3.54. The topological polar surface area (TPSA) is 102 Å². The Hall–Kier alpha value is -2.43. The average molecular weight is 497 g/mol. The molecule has 0 aliphatic heterocycles. The van der Waals surface area contributed by atoms with Gasteiger partial charge in [-0.2, -0.15) is 0 Å². The number of nitrogens with one attached hydrogen (secondary N) is 1. The van der Waals surface area contributed by atoms with Crippen LogP contribution in [0.4, 0.5) is 5.00 Å². The minimum atomic E-state index is -3.28. The van der Waals surface area contributed by atoms with E-state index in [0.29, 0.717) is 42.3 Å². The van der Waals surface area contributed by atoms with Crippen molar-refractivity contribution in [3.05, 3.63) is 40.3 Å². The van der Waals surface area contributed by atoms with Gasteiger partial charge < -0.3 is 14.8 Å². The summed E-state index contributed by atoms with van der Waals surface area (Å²) in [6.07, 6.45) is 2.49. The minimum Gasteiger partial charge on any atom is -0.494 e. The lowest BCUT2D eigenvalue weighted by atomic mass is 10.1. The first kappa shape index (κ1) is 26.8. The molecule has 0 saturated carbocycles. The average Bonchev–Trinajstić information content (AvgIpc) is 3.05. The lowest BCUT2D eigenvalue weighted by Crippen LogP contribution is -2.31. The third kappa shape index (κ3) is 7.83. The van der Waals surface area contributed by atoms with Crippen LogP contribution in [-0.4, -0.2) is 64.8 Å². The van der Waals surface area contributed by atoms with Gasteiger partial charge in [0.1, 0.15) is 10.8 Å². The number of hydrogen-bond acceptors (Lipinski definition) is 8. The molecule has 1 amide bonds. The maximum Gasteiger partial charge on any atom is 0.341 e. The minimum absolute atomic E-state index is 0.157. The van der Waals surface area contributed by atoms with Crippen LogP contribution in [0.3, 0.4) is 0 Å². The fourth-order valence-electron chi connectivity index (χ4n) is 3.32. The molecule has 0 saturated heterocycles. The summed E-state index contributed by atoms with van der Waals surface area (Å²) < 4.78 is 34.1. The Balaban J connectivity index is 1.86. The van der Waals surface area contributed by atoms with Crippen molar-refractivity contribution in [2.75, 3.05) is 44.9 Å². The van der Waals surface area contributed by atoms with Crippen LogP contribution < -0.4 is 10.1 Å². The summed E-state index contributed by atoms with van der Waals surface area (Å²) in [6.45, 7) is 7.07.